The maximum atomic E-state index is 11.6. The average Bonchev–Trinajstić information content (AvgIpc) is 2.40. The summed E-state index contributed by atoms with van der Waals surface area (Å²) >= 11 is 0. The Labute approximate surface area is 135 Å². The smallest absolute Gasteiger partial charge is 0.317 e. The van der Waals surface area contributed by atoms with Crippen LogP contribution in [0, 0.1) is 5.41 Å². The molecule has 0 rings (SSSR count). The zero-order chi connectivity index (χ0) is 17.0. The van der Waals surface area contributed by atoms with Crippen molar-refractivity contribution < 1.29 is 19.1 Å². The zero-order valence-electron chi connectivity index (χ0n) is 15.1. The Kier molecular flexibility index (Phi) is 10.9. The van der Waals surface area contributed by atoms with Crippen LogP contribution in [0.15, 0.2) is 0 Å². The molecule has 22 heavy (non-hydrogen) atoms. The van der Waals surface area contributed by atoms with Crippen molar-refractivity contribution in [3.05, 3.63) is 0 Å². The molecule has 130 valence electrons. The van der Waals surface area contributed by atoms with Gasteiger partial charge in [0.2, 0.25) is 0 Å². The minimum Gasteiger partial charge on any atom is -0.465 e. The van der Waals surface area contributed by atoms with E-state index < -0.39 is 11.9 Å². The van der Waals surface area contributed by atoms with E-state index in [2.05, 4.69) is 6.92 Å². The minimum absolute atomic E-state index is 0.128. The monoisotopic (exact) mass is 314 g/mol. The summed E-state index contributed by atoms with van der Waals surface area (Å²) in [6, 6.07) is 0. The third-order valence-electron chi connectivity index (χ3n) is 3.83. The minimum atomic E-state index is -0.507. The number of hydrogen-bond acceptors (Lipinski definition) is 4. The summed E-state index contributed by atoms with van der Waals surface area (Å²) < 4.78 is 10.3. The van der Waals surface area contributed by atoms with E-state index in [9.17, 15) is 9.59 Å². The molecule has 0 aliphatic carbocycles. The molecular weight excluding hydrogens is 280 g/mol. The molecule has 0 aromatic heterocycles. The lowest BCUT2D eigenvalue weighted by Gasteiger charge is -2.26. The van der Waals surface area contributed by atoms with E-state index in [1.807, 2.05) is 27.7 Å². The number of ether oxygens (including phenoxy) is 2. The molecule has 0 radical (unpaired) electrons. The van der Waals surface area contributed by atoms with Crippen LogP contribution in [0.5, 0.6) is 0 Å². The molecule has 0 amide bonds. The molecule has 4 heteroatoms. The standard InChI is InChI=1S/C18H34O4/c1-6-7-8-9-10-11-12-13-21-16(19)14-17(20)22-15(2)18(3,4)5/h15H,6-14H2,1-5H3. The fourth-order valence-electron chi connectivity index (χ4n) is 1.83. The summed E-state index contributed by atoms with van der Waals surface area (Å²) in [6.45, 7) is 10.4. The second kappa shape index (κ2) is 11.5. The van der Waals surface area contributed by atoms with Crippen molar-refractivity contribution in [2.45, 2.75) is 92.1 Å². The van der Waals surface area contributed by atoms with Crippen LogP contribution in [-0.2, 0) is 19.1 Å². The van der Waals surface area contributed by atoms with Gasteiger partial charge in [-0.2, -0.15) is 0 Å². The Bertz CT molecular complexity index is 318. The second-order valence-corrected chi connectivity index (χ2v) is 7.02. The predicted molar refractivity (Wildman–Crippen MR) is 88.6 cm³/mol. The normalized spacial score (nSPS) is 12.8. The maximum absolute atomic E-state index is 11.6. The van der Waals surface area contributed by atoms with E-state index in [-0.39, 0.29) is 17.9 Å². The van der Waals surface area contributed by atoms with Gasteiger partial charge < -0.3 is 9.47 Å². The highest BCUT2D eigenvalue weighted by molar-refractivity contribution is 5.91. The molecule has 0 aromatic rings. The second-order valence-electron chi connectivity index (χ2n) is 7.02. The largest absolute Gasteiger partial charge is 0.465 e. The molecule has 0 aliphatic rings. The van der Waals surface area contributed by atoms with Crippen LogP contribution in [0.2, 0.25) is 0 Å². The van der Waals surface area contributed by atoms with Crippen molar-refractivity contribution in [1.29, 1.82) is 0 Å². The Balaban J connectivity index is 3.63. The number of rotatable bonds is 11. The lowest BCUT2D eigenvalue weighted by molar-refractivity contribution is -0.160. The van der Waals surface area contributed by atoms with Crippen molar-refractivity contribution in [2.24, 2.45) is 5.41 Å². The summed E-state index contributed by atoms with van der Waals surface area (Å²) in [6.07, 6.45) is 7.68. The Morgan fingerprint density at radius 1 is 0.909 bits per heavy atom. The van der Waals surface area contributed by atoms with Gasteiger partial charge in [0.25, 0.3) is 0 Å². The molecule has 4 nitrogen and oxygen atoms in total. The van der Waals surface area contributed by atoms with Crippen molar-refractivity contribution in [3.63, 3.8) is 0 Å². The molecule has 0 N–H and O–H groups in total. The molecule has 1 unspecified atom stereocenters. The van der Waals surface area contributed by atoms with E-state index in [1.54, 1.807) is 0 Å². The molecular formula is C18H34O4. The van der Waals surface area contributed by atoms with Gasteiger partial charge in [-0.3, -0.25) is 9.59 Å². The van der Waals surface area contributed by atoms with Gasteiger partial charge in [0.05, 0.1) is 6.61 Å². The van der Waals surface area contributed by atoms with Crippen LogP contribution < -0.4 is 0 Å². The van der Waals surface area contributed by atoms with Crippen molar-refractivity contribution in [3.8, 4) is 0 Å². The predicted octanol–water partition coefficient (Wildman–Crippen LogP) is 4.65. The lowest BCUT2D eigenvalue weighted by Crippen LogP contribution is -2.29. The summed E-state index contributed by atoms with van der Waals surface area (Å²) in [4.78, 5) is 23.2. The third-order valence-corrected chi connectivity index (χ3v) is 3.83. The van der Waals surface area contributed by atoms with E-state index in [4.69, 9.17) is 9.47 Å². The lowest BCUT2D eigenvalue weighted by atomic mass is 9.90. The highest BCUT2D eigenvalue weighted by atomic mass is 16.6. The Morgan fingerprint density at radius 3 is 2.00 bits per heavy atom. The van der Waals surface area contributed by atoms with Gasteiger partial charge in [-0.1, -0.05) is 66.2 Å². The first-order valence-corrected chi connectivity index (χ1v) is 8.62. The van der Waals surface area contributed by atoms with E-state index in [0.717, 1.165) is 12.8 Å². The molecule has 0 bridgehead atoms. The first kappa shape index (κ1) is 20.9. The fourth-order valence-corrected chi connectivity index (χ4v) is 1.83. The number of hydrogen-bond donors (Lipinski definition) is 0. The quantitative estimate of drug-likeness (QED) is 0.316. The first-order chi connectivity index (χ1) is 10.3. The van der Waals surface area contributed by atoms with Crippen LogP contribution in [0.3, 0.4) is 0 Å². The SMILES string of the molecule is CCCCCCCCCOC(=O)CC(=O)OC(C)C(C)(C)C. The van der Waals surface area contributed by atoms with Crippen molar-refractivity contribution in [2.75, 3.05) is 6.61 Å². The van der Waals surface area contributed by atoms with Crippen molar-refractivity contribution >= 4 is 11.9 Å². The average molecular weight is 314 g/mol. The number of carbonyl (C=O) groups is 2. The number of unbranched alkanes of at least 4 members (excludes halogenated alkanes) is 6. The molecule has 0 aliphatic heterocycles. The van der Waals surface area contributed by atoms with Gasteiger partial charge >= 0.3 is 11.9 Å². The summed E-state index contributed by atoms with van der Waals surface area (Å²) in [7, 11) is 0. The Morgan fingerprint density at radius 2 is 1.45 bits per heavy atom. The van der Waals surface area contributed by atoms with E-state index in [0.29, 0.717) is 6.61 Å². The molecule has 0 heterocycles. The molecule has 0 saturated heterocycles. The zero-order valence-corrected chi connectivity index (χ0v) is 15.1. The highest BCUT2D eigenvalue weighted by Crippen LogP contribution is 2.22. The Hall–Kier alpha value is -1.06. The van der Waals surface area contributed by atoms with Gasteiger partial charge in [0, 0.05) is 0 Å². The van der Waals surface area contributed by atoms with Gasteiger partial charge in [-0.25, -0.2) is 0 Å². The van der Waals surface area contributed by atoms with E-state index >= 15 is 0 Å². The fraction of sp³-hybridized carbons (Fsp3) is 0.889. The number of carbonyl (C=O) groups excluding carboxylic acids is 2. The van der Waals surface area contributed by atoms with Gasteiger partial charge in [-0.05, 0) is 18.8 Å². The molecule has 0 saturated carbocycles. The van der Waals surface area contributed by atoms with Crippen LogP contribution in [-0.4, -0.2) is 24.6 Å². The van der Waals surface area contributed by atoms with Gasteiger partial charge in [-0.15, -0.1) is 0 Å². The van der Waals surface area contributed by atoms with Crippen LogP contribution in [0.4, 0.5) is 0 Å². The first-order valence-electron chi connectivity index (χ1n) is 8.62. The molecule has 0 aromatic carbocycles. The highest BCUT2D eigenvalue weighted by Gasteiger charge is 2.24. The summed E-state index contributed by atoms with van der Waals surface area (Å²) in [5, 5.41) is 0. The van der Waals surface area contributed by atoms with Gasteiger partial charge in [0.1, 0.15) is 12.5 Å². The van der Waals surface area contributed by atoms with E-state index in [1.165, 1.54) is 32.1 Å². The van der Waals surface area contributed by atoms with Crippen LogP contribution >= 0.6 is 0 Å². The topological polar surface area (TPSA) is 52.6 Å². The van der Waals surface area contributed by atoms with Gasteiger partial charge in [0.15, 0.2) is 0 Å². The van der Waals surface area contributed by atoms with Crippen LogP contribution in [0.1, 0.15) is 86.0 Å². The van der Waals surface area contributed by atoms with Crippen LogP contribution in [0.25, 0.3) is 0 Å². The molecule has 0 spiro atoms. The van der Waals surface area contributed by atoms with Crippen molar-refractivity contribution in [1.82, 2.24) is 0 Å². The number of esters is 2. The maximum Gasteiger partial charge on any atom is 0.317 e. The summed E-state index contributed by atoms with van der Waals surface area (Å²) in [5.41, 5.74) is -0.128. The molecule has 1 atom stereocenters. The summed E-state index contributed by atoms with van der Waals surface area (Å²) in [5.74, 6) is -0.996. The third kappa shape index (κ3) is 11.6. The molecule has 0 fully saturated rings.